The molecule has 116 valence electrons. The number of nitrogens with one attached hydrogen (secondary N) is 1. The number of nitrogens with zero attached hydrogens (tertiary/aromatic N) is 3. The standard InChI is InChI=1S/C16H14N4OS2/c1-6-5-7(2)17-15-9(6)10-12(22-15)11-13(14(21)19-10)23-16(20-11)18-8-3-4-8/h5,8,13H,3-4H2,1-2H3,(H,19,21). The molecule has 0 radical (unpaired) electrons. The molecule has 5 nitrogen and oxygen atoms in total. The van der Waals surface area contributed by atoms with Crippen LogP contribution in [-0.4, -0.2) is 33.1 Å². The van der Waals surface area contributed by atoms with Crippen molar-refractivity contribution < 1.29 is 4.79 Å². The predicted octanol–water partition coefficient (Wildman–Crippen LogP) is 3.29. The van der Waals surface area contributed by atoms with Gasteiger partial charge in [-0.3, -0.25) is 9.79 Å². The average molecular weight is 342 g/mol. The molecule has 4 heterocycles. The molecule has 1 fully saturated rings. The van der Waals surface area contributed by atoms with E-state index in [0.29, 0.717) is 6.04 Å². The number of hydrogen-bond acceptors (Lipinski definition) is 5. The van der Waals surface area contributed by atoms with Crippen LogP contribution in [0.5, 0.6) is 0 Å². The summed E-state index contributed by atoms with van der Waals surface area (Å²) in [5.41, 5.74) is 3.87. The van der Waals surface area contributed by atoms with Gasteiger partial charge < -0.3 is 5.32 Å². The number of thioether (sulfide) groups is 1. The Morgan fingerprint density at radius 3 is 2.96 bits per heavy atom. The predicted molar refractivity (Wildman–Crippen MR) is 96.1 cm³/mol. The molecule has 1 N–H and O–H groups in total. The number of aryl methyl sites for hydroxylation is 2. The second-order valence-electron chi connectivity index (χ2n) is 6.19. The lowest BCUT2D eigenvalue weighted by atomic mass is 10.1. The summed E-state index contributed by atoms with van der Waals surface area (Å²) in [6.45, 7) is 4.06. The van der Waals surface area contributed by atoms with Crippen molar-refractivity contribution in [1.29, 1.82) is 0 Å². The molecular weight excluding hydrogens is 328 g/mol. The monoisotopic (exact) mass is 342 g/mol. The van der Waals surface area contributed by atoms with Crippen LogP contribution in [0.2, 0.25) is 0 Å². The van der Waals surface area contributed by atoms with E-state index in [0.717, 1.165) is 55.8 Å². The number of amidine groups is 1. The first-order chi connectivity index (χ1) is 11.1. The van der Waals surface area contributed by atoms with Gasteiger partial charge in [-0.05, 0) is 38.3 Å². The van der Waals surface area contributed by atoms with E-state index >= 15 is 0 Å². The summed E-state index contributed by atoms with van der Waals surface area (Å²) in [4.78, 5) is 28.4. The first kappa shape index (κ1) is 13.7. The lowest BCUT2D eigenvalue weighted by Gasteiger charge is -2.18. The topological polar surface area (TPSA) is 66.7 Å². The molecule has 0 aromatic carbocycles. The van der Waals surface area contributed by atoms with Gasteiger partial charge in [0.1, 0.15) is 10.1 Å². The number of carbonyl (C=O) groups is 1. The van der Waals surface area contributed by atoms with E-state index < -0.39 is 0 Å². The molecular formula is C16H14N4OS2. The number of pyridine rings is 1. The van der Waals surface area contributed by atoms with E-state index in [1.165, 1.54) is 11.8 Å². The molecule has 1 unspecified atom stereocenters. The Morgan fingerprint density at radius 2 is 2.17 bits per heavy atom. The van der Waals surface area contributed by atoms with Crippen LogP contribution in [0.1, 0.15) is 29.0 Å². The summed E-state index contributed by atoms with van der Waals surface area (Å²) in [7, 11) is 0. The highest BCUT2D eigenvalue weighted by atomic mass is 32.2. The van der Waals surface area contributed by atoms with Crippen LogP contribution in [0.3, 0.4) is 0 Å². The summed E-state index contributed by atoms with van der Waals surface area (Å²) in [5.74, 6) is 0.00178. The maximum absolute atomic E-state index is 12.5. The molecule has 3 aliphatic rings. The van der Waals surface area contributed by atoms with Gasteiger partial charge in [-0.25, -0.2) is 9.98 Å². The first-order valence-corrected chi connectivity index (χ1v) is 9.35. The lowest BCUT2D eigenvalue weighted by molar-refractivity contribution is -0.114. The second kappa shape index (κ2) is 4.64. The maximum Gasteiger partial charge on any atom is 0.244 e. The van der Waals surface area contributed by atoms with E-state index in [1.807, 2.05) is 6.92 Å². The van der Waals surface area contributed by atoms with Crippen LogP contribution in [0, 0.1) is 13.8 Å². The summed E-state index contributed by atoms with van der Waals surface area (Å²) in [6, 6.07) is 2.47. The van der Waals surface area contributed by atoms with Crippen LogP contribution >= 0.6 is 23.1 Å². The molecule has 23 heavy (non-hydrogen) atoms. The van der Waals surface area contributed by atoms with E-state index in [-0.39, 0.29) is 11.2 Å². The fourth-order valence-corrected chi connectivity index (χ4v) is 5.41. The van der Waals surface area contributed by atoms with Crippen molar-refractivity contribution in [3.8, 4) is 0 Å². The Balaban J connectivity index is 1.72. The second-order valence-corrected chi connectivity index (χ2v) is 8.27. The van der Waals surface area contributed by atoms with E-state index in [9.17, 15) is 4.79 Å². The van der Waals surface area contributed by atoms with Gasteiger partial charge in [-0.2, -0.15) is 0 Å². The fourth-order valence-electron chi connectivity index (χ4n) is 3.05. The van der Waals surface area contributed by atoms with Gasteiger partial charge in [0.05, 0.1) is 22.3 Å². The van der Waals surface area contributed by atoms with Crippen molar-refractivity contribution in [3.05, 3.63) is 22.2 Å². The molecule has 1 aliphatic carbocycles. The quantitative estimate of drug-likeness (QED) is 0.865. The summed E-state index contributed by atoms with van der Waals surface area (Å²) in [5, 5.41) is 4.61. The minimum atomic E-state index is -0.269. The third-order valence-electron chi connectivity index (χ3n) is 4.23. The number of hydrogen-bond donors (Lipinski definition) is 1. The maximum atomic E-state index is 12.5. The van der Waals surface area contributed by atoms with Gasteiger partial charge in [0.25, 0.3) is 0 Å². The van der Waals surface area contributed by atoms with Gasteiger partial charge in [0.2, 0.25) is 5.91 Å². The fraction of sp³-hybridized carbons (Fsp3) is 0.375. The van der Waals surface area contributed by atoms with Crippen molar-refractivity contribution in [1.82, 2.24) is 4.98 Å². The summed E-state index contributed by atoms with van der Waals surface area (Å²) < 4.78 is 0. The van der Waals surface area contributed by atoms with Crippen molar-refractivity contribution in [2.75, 3.05) is 5.32 Å². The third-order valence-corrected chi connectivity index (χ3v) is 6.42. The smallest absolute Gasteiger partial charge is 0.244 e. The van der Waals surface area contributed by atoms with Gasteiger partial charge in [-0.15, -0.1) is 11.3 Å². The number of anilines is 1. The van der Waals surface area contributed by atoms with E-state index in [2.05, 4.69) is 33.3 Å². The van der Waals surface area contributed by atoms with Gasteiger partial charge in [0.15, 0.2) is 5.17 Å². The molecule has 2 aromatic heterocycles. The Morgan fingerprint density at radius 1 is 1.35 bits per heavy atom. The van der Waals surface area contributed by atoms with Gasteiger partial charge >= 0.3 is 0 Å². The highest BCUT2D eigenvalue weighted by molar-refractivity contribution is 8.16. The van der Waals surface area contributed by atoms with E-state index in [1.54, 1.807) is 11.3 Å². The third kappa shape index (κ3) is 2.06. The Hall–Kier alpha value is -1.73. The molecule has 0 bridgehead atoms. The van der Waals surface area contributed by atoms with Crippen molar-refractivity contribution >= 4 is 55.8 Å². The Labute approximate surface area is 141 Å². The largest absolute Gasteiger partial charge is 0.323 e. The summed E-state index contributed by atoms with van der Waals surface area (Å²) >= 11 is 3.09. The molecule has 1 amide bonds. The zero-order valence-corrected chi connectivity index (χ0v) is 14.3. The summed E-state index contributed by atoms with van der Waals surface area (Å²) in [6.07, 6.45) is 2.28. The van der Waals surface area contributed by atoms with Crippen LogP contribution in [0.15, 0.2) is 16.1 Å². The zero-order chi connectivity index (χ0) is 15.7. The lowest BCUT2D eigenvalue weighted by Crippen LogP contribution is -2.35. The first-order valence-electron chi connectivity index (χ1n) is 7.65. The highest BCUT2D eigenvalue weighted by Gasteiger charge is 2.41. The minimum Gasteiger partial charge on any atom is -0.323 e. The van der Waals surface area contributed by atoms with Crippen LogP contribution in [0.25, 0.3) is 10.2 Å². The van der Waals surface area contributed by atoms with Crippen molar-refractivity contribution in [3.63, 3.8) is 0 Å². The van der Waals surface area contributed by atoms with Crippen LogP contribution < -0.4 is 5.32 Å². The number of rotatable bonds is 1. The van der Waals surface area contributed by atoms with Crippen LogP contribution in [0.4, 0.5) is 5.69 Å². The molecule has 2 aromatic rings. The Bertz CT molecular complexity index is 939. The SMILES string of the molecule is Cc1cc(C)c2c3c(sc2n1)C1=NC(=NC2CC2)SC1C(=O)N3. The van der Waals surface area contributed by atoms with Gasteiger partial charge in [0, 0.05) is 11.1 Å². The zero-order valence-electron chi connectivity index (χ0n) is 12.7. The highest BCUT2D eigenvalue weighted by Crippen LogP contribution is 2.44. The number of aliphatic imine (C=N–C) groups is 2. The molecule has 7 heteroatoms. The van der Waals surface area contributed by atoms with Gasteiger partial charge in [-0.1, -0.05) is 11.8 Å². The van der Waals surface area contributed by atoms with Crippen molar-refractivity contribution in [2.45, 2.75) is 38.0 Å². The normalized spacial score (nSPS) is 24.6. The number of amides is 1. The van der Waals surface area contributed by atoms with E-state index in [4.69, 9.17) is 0 Å². The minimum absolute atomic E-state index is 0.00178. The number of aromatic nitrogens is 1. The molecule has 2 aliphatic heterocycles. The number of fused-ring (bicyclic) bond motifs is 5. The molecule has 1 atom stereocenters. The number of carbonyl (C=O) groups excluding carboxylic acids is 1. The average Bonchev–Trinajstić information content (AvgIpc) is 3.05. The van der Waals surface area contributed by atoms with Crippen molar-refractivity contribution in [2.24, 2.45) is 9.98 Å². The van der Waals surface area contributed by atoms with Crippen LogP contribution in [-0.2, 0) is 4.79 Å². The molecule has 0 saturated heterocycles. The Kier molecular flexibility index (Phi) is 2.76. The number of thiophene rings is 1. The molecule has 5 rings (SSSR count). The molecule has 1 saturated carbocycles. The molecule has 0 spiro atoms.